The van der Waals surface area contributed by atoms with Crippen molar-refractivity contribution in [1.29, 1.82) is 0 Å². The average Bonchev–Trinajstić information content (AvgIpc) is 3.10. The Morgan fingerprint density at radius 3 is 2.65 bits per heavy atom. The number of hydrogen-bond acceptors (Lipinski definition) is 6. The quantitative estimate of drug-likeness (QED) is 0.648. The summed E-state index contributed by atoms with van der Waals surface area (Å²) < 4.78 is 49.2. The molecule has 2 bridgehead atoms. The molecule has 0 spiro atoms. The molecule has 166 valence electrons. The summed E-state index contributed by atoms with van der Waals surface area (Å²) in [6, 6.07) is 3.75. The Hall–Kier alpha value is -2.62. The van der Waals surface area contributed by atoms with Crippen molar-refractivity contribution < 1.29 is 31.9 Å². The number of nitrogens with zero attached hydrogens (tertiary/aromatic N) is 2. The largest absolute Gasteiger partial charge is 0.484 e. The molecule has 0 saturated heterocycles. The van der Waals surface area contributed by atoms with Gasteiger partial charge < -0.3 is 9.15 Å². The monoisotopic (exact) mass is 457 g/mol. The SMILES string of the molecule is CC(CC(F)F)c1nnc(C23CC(C(=O)NC(=O)COc4ccc(Cl)c(F)c4)(C2)C3)o1. The van der Waals surface area contributed by atoms with Crippen LogP contribution in [0.5, 0.6) is 5.75 Å². The number of ether oxygens (including phenoxy) is 1. The fourth-order valence-electron chi connectivity index (χ4n) is 4.28. The van der Waals surface area contributed by atoms with Crippen LogP contribution in [-0.2, 0) is 15.0 Å². The molecule has 31 heavy (non-hydrogen) atoms. The topological polar surface area (TPSA) is 94.3 Å². The number of hydrogen-bond donors (Lipinski definition) is 1. The van der Waals surface area contributed by atoms with Gasteiger partial charge in [0.2, 0.25) is 24.1 Å². The predicted octanol–water partition coefficient (Wildman–Crippen LogP) is 3.76. The number of benzene rings is 1. The van der Waals surface area contributed by atoms with Gasteiger partial charge in [-0.1, -0.05) is 18.5 Å². The van der Waals surface area contributed by atoms with Gasteiger partial charge in [-0.05, 0) is 31.4 Å². The fourth-order valence-corrected chi connectivity index (χ4v) is 4.40. The zero-order chi connectivity index (χ0) is 22.4. The number of aromatic nitrogens is 2. The molecule has 0 aliphatic heterocycles. The molecule has 3 saturated carbocycles. The van der Waals surface area contributed by atoms with Crippen LogP contribution in [0.4, 0.5) is 13.2 Å². The van der Waals surface area contributed by atoms with Gasteiger partial charge in [-0.15, -0.1) is 10.2 Å². The van der Waals surface area contributed by atoms with Crippen LogP contribution in [-0.4, -0.2) is 35.0 Å². The lowest BCUT2D eigenvalue weighted by Crippen LogP contribution is -2.70. The van der Waals surface area contributed by atoms with E-state index in [1.54, 1.807) is 6.92 Å². The lowest BCUT2D eigenvalue weighted by Gasteiger charge is -2.67. The third kappa shape index (κ3) is 4.00. The van der Waals surface area contributed by atoms with E-state index in [0.717, 1.165) is 6.07 Å². The maximum Gasteiger partial charge on any atom is 0.264 e. The number of amides is 2. The van der Waals surface area contributed by atoms with Crippen LogP contribution in [0.3, 0.4) is 0 Å². The Morgan fingerprint density at radius 2 is 2.00 bits per heavy atom. The molecular formula is C20H19ClF3N3O4. The summed E-state index contributed by atoms with van der Waals surface area (Å²) in [6.07, 6.45) is -1.52. The van der Waals surface area contributed by atoms with E-state index in [1.165, 1.54) is 12.1 Å². The summed E-state index contributed by atoms with van der Waals surface area (Å²) in [6.45, 7) is 1.13. The molecule has 5 rings (SSSR count). The second kappa shape index (κ2) is 7.81. The number of imide groups is 1. The molecular weight excluding hydrogens is 439 g/mol. The van der Waals surface area contributed by atoms with Crippen molar-refractivity contribution in [1.82, 2.24) is 15.5 Å². The molecule has 1 atom stereocenters. The molecule has 0 radical (unpaired) electrons. The van der Waals surface area contributed by atoms with E-state index in [-0.39, 0.29) is 23.1 Å². The molecule has 1 heterocycles. The number of rotatable bonds is 8. The molecule has 2 aromatic rings. The van der Waals surface area contributed by atoms with E-state index >= 15 is 0 Å². The summed E-state index contributed by atoms with van der Waals surface area (Å²) in [5, 5.41) is 10.1. The minimum Gasteiger partial charge on any atom is -0.484 e. The Labute approximate surface area is 180 Å². The summed E-state index contributed by atoms with van der Waals surface area (Å²) in [5.74, 6) is -1.69. The van der Waals surface area contributed by atoms with E-state index in [1.807, 2.05) is 0 Å². The first-order valence-corrected chi connectivity index (χ1v) is 10.0. The van der Waals surface area contributed by atoms with Crippen molar-refractivity contribution in [3.63, 3.8) is 0 Å². The van der Waals surface area contributed by atoms with Crippen molar-refractivity contribution in [3.8, 4) is 5.75 Å². The third-order valence-corrected chi connectivity index (χ3v) is 6.18. The first-order valence-electron chi connectivity index (χ1n) is 9.67. The van der Waals surface area contributed by atoms with Gasteiger partial charge in [-0.3, -0.25) is 14.9 Å². The molecule has 7 nitrogen and oxygen atoms in total. The molecule has 3 aliphatic rings. The van der Waals surface area contributed by atoms with E-state index in [9.17, 15) is 22.8 Å². The Balaban J connectivity index is 1.27. The van der Waals surface area contributed by atoms with Gasteiger partial charge in [-0.25, -0.2) is 13.2 Å². The number of carbonyl (C=O) groups is 2. The van der Waals surface area contributed by atoms with Crippen LogP contribution in [0.15, 0.2) is 22.6 Å². The van der Waals surface area contributed by atoms with Crippen molar-refractivity contribution in [3.05, 3.63) is 40.8 Å². The zero-order valence-corrected chi connectivity index (χ0v) is 17.2. The molecule has 1 N–H and O–H groups in total. The van der Waals surface area contributed by atoms with E-state index in [2.05, 4.69) is 15.5 Å². The zero-order valence-electron chi connectivity index (χ0n) is 16.5. The maximum atomic E-state index is 13.4. The standard InChI is InChI=1S/C20H19ClF3N3O4/c1-10(4-14(23)24)16-26-27-18(31-16)20-7-19(8-20,9-20)17(29)25-15(28)6-30-11-2-3-12(21)13(22)5-11/h2-3,5,10,14H,4,6-9H2,1H3,(H,25,28,29). The third-order valence-electron chi connectivity index (χ3n) is 5.87. The molecule has 1 aromatic heterocycles. The Bertz CT molecular complexity index is 1010. The lowest BCUT2D eigenvalue weighted by atomic mass is 9.34. The van der Waals surface area contributed by atoms with Gasteiger partial charge in [0.1, 0.15) is 11.6 Å². The number of carbonyl (C=O) groups excluding carboxylic acids is 2. The van der Waals surface area contributed by atoms with Crippen LogP contribution in [0.25, 0.3) is 0 Å². The lowest BCUT2D eigenvalue weighted by molar-refractivity contribution is -0.182. The van der Waals surface area contributed by atoms with E-state index < -0.39 is 47.4 Å². The highest BCUT2D eigenvalue weighted by atomic mass is 35.5. The van der Waals surface area contributed by atoms with Gasteiger partial charge in [0.15, 0.2) is 6.61 Å². The highest BCUT2D eigenvalue weighted by Crippen LogP contribution is 2.73. The van der Waals surface area contributed by atoms with Crippen molar-refractivity contribution in [2.24, 2.45) is 5.41 Å². The van der Waals surface area contributed by atoms with Crippen LogP contribution in [0.2, 0.25) is 5.02 Å². The predicted molar refractivity (Wildman–Crippen MR) is 101 cm³/mol. The molecule has 3 aliphatic carbocycles. The minimum atomic E-state index is -2.47. The van der Waals surface area contributed by atoms with Crippen molar-refractivity contribution in [2.75, 3.05) is 6.61 Å². The average molecular weight is 458 g/mol. The van der Waals surface area contributed by atoms with Crippen LogP contribution < -0.4 is 10.1 Å². The normalized spacial score (nSPS) is 24.8. The number of alkyl halides is 2. The molecule has 11 heteroatoms. The van der Waals surface area contributed by atoms with Crippen molar-refractivity contribution >= 4 is 23.4 Å². The Kier molecular flexibility index (Phi) is 5.45. The highest BCUT2D eigenvalue weighted by Gasteiger charge is 2.74. The maximum absolute atomic E-state index is 13.4. The van der Waals surface area contributed by atoms with Gasteiger partial charge in [0, 0.05) is 18.4 Å². The first kappa shape index (κ1) is 21.6. The second-order valence-electron chi connectivity index (χ2n) is 8.31. The summed E-state index contributed by atoms with van der Waals surface area (Å²) in [7, 11) is 0. The fraction of sp³-hybridized carbons (Fsp3) is 0.500. The summed E-state index contributed by atoms with van der Waals surface area (Å²) in [5.41, 5.74) is -1.13. The van der Waals surface area contributed by atoms with Crippen LogP contribution in [0, 0.1) is 11.2 Å². The Morgan fingerprint density at radius 1 is 1.29 bits per heavy atom. The molecule has 2 amide bonds. The van der Waals surface area contributed by atoms with Gasteiger partial charge >= 0.3 is 0 Å². The smallest absolute Gasteiger partial charge is 0.264 e. The first-order chi connectivity index (χ1) is 14.6. The molecule has 3 fully saturated rings. The van der Waals surface area contributed by atoms with E-state index in [0.29, 0.717) is 25.2 Å². The summed E-state index contributed by atoms with van der Waals surface area (Å²) >= 11 is 5.58. The van der Waals surface area contributed by atoms with E-state index in [4.69, 9.17) is 20.8 Å². The minimum absolute atomic E-state index is 0.0682. The summed E-state index contributed by atoms with van der Waals surface area (Å²) in [4.78, 5) is 24.5. The van der Waals surface area contributed by atoms with Crippen molar-refractivity contribution in [2.45, 2.75) is 50.4 Å². The molecule has 1 aromatic carbocycles. The van der Waals surface area contributed by atoms with Crippen LogP contribution >= 0.6 is 11.6 Å². The highest BCUT2D eigenvalue weighted by molar-refractivity contribution is 6.30. The van der Waals surface area contributed by atoms with Gasteiger partial charge in [0.05, 0.1) is 15.9 Å². The number of halogens is 4. The molecule has 1 unspecified atom stereocenters. The second-order valence-corrected chi connectivity index (χ2v) is 8.71. The van der Waals surface area contributed by atoms with Gasteiger partial charge in [-0.2, -0.15) is 0 Å². The number of nitrogens with one attached hydrogen (secondary N) is 1. The van der Waals surface area contributed by atoms with Gasteiger partial charge in [0.25, 0.3) is 5.91 Å². The van der Waals surface area contributed by atoms with Crippen LogP contribution in [0.1, 0.15) is 50.3 Å².